The Bertz CT molecular complexity index is 989. The van der Waals surface area contributed by atoms with Crippen LogP contribution in [-0.4, -0.2) is 34.9 Å². The fourth-order valence-electron chi connectivity index (χ4n) is 3.03. The number of nitrogens with one attached hydrogen (secondary N) is 1. The van der Waals surface area contributed by atoms with Crippen LogP contribution in [0.1, 0.15) is 16.8 Å². The SMILES string of the molecule is O=C(c1ccc(Cl)cc1Cl)N1CC[C@@H](Nc2nc3ccc(Cl)cc3o2)C1. The van der Waals surface area contributed by atoms with Crippen LogP contribution in [0.4, 0.5) is 6.01 Å². The summed E-state index contributed by atoms with van der Waals surface area (Å²) in [7, 11) is 0. The van der Waals surface area contributed by atoms with E-state index in [0.717, 1.165) is 11.9 Å². The molecule has 0 saturated carbocycles. The molecule has 1 saturated heterocycles. The maximum atomic E-state index is 12.7. The number of likely N-dealkylation sites (tertiary alicyclic amines) is 1. The molecule has 5 nitrogen and oxygen atoms in total. The molecule has 0 bridgehead atoms. The Labute approximate surface area is 164 Å². The van der Waals surface area contributed by atoms with E-state index in [1.54, 1.807) is 41.3 Å². The fraction of sp³-hybridized carbons (Fsp3) is 0.222. The number of anilines is 1. The summed E-state index contributed by atoms with van der Waals surface area (Å²) in [5, 5.41) is 4.70. The van der Waals surface area contributed by atoms with Crippen molar-refractivity contribution in [2.45, 2.75) is 12.5 Å². The molecule has 1 N–H and O–H groups in total. The molecule has 1 aliphatic rings. The molecule has 1 atom stereocenters. The smallest absolute Gasteiger partial charge is 0.295 e. The van der Waals surface area contributed by atoms with E-state index in [-0.39, 0.29) is 11.9 Å². The molecule has 26 heavy (non-hydrogen) atoms. The number of oxazole rings is 1. The van der Waals surface area contributed by atoms with Crippen LogP contribution in [0.2, 0.25) is 15.1 Å². The number of rotatable bonds is 3. The van der Waals surface area contributed by atoms with Crippen molar-refractivity contribution in [1.29, 1.82) is 0 Å². The Kier molecular flexibility index (Phi) is 4.69. The first-order chi connectivity index (χ1) is 12.5. The second-order valence-corrected chi connectivity index (χ2v) is 7.42. The summed E-state index contributed by atoms with van der Waals surface area (Å²) in [5.41, 5.74) is 1.81. The summed E-state index contributed by atoms with van der Waals surface area (Å²) in [4.78, 5) is 18.8. The van der Waals surface area contributed by atoms with Gasteiger partial charge in [0, 0.05) is 35.2 Å². The van der Waals surface area contributed by atoms with Crippen LogP contribution in [0.5, 0.6) is 0 Å². The largest absolute Gasteiger partial charge is 0.423 e. The van der Waals surface area contributed by atoms with E-state index in [9.17, 15) is 4.79 Å². The summed E-state index contributed by atoms with van der Waals surface area (Å²) in [5.74, 6) is -0.111. The first kappa shape index (κ1) is 17.5. The van der Waals surface area contributed by atoms with Crippen molar-refractivity contribution in [2.24, 2.45) is 0 Å². The summed E-state index contributed by atoms with van der Waals surface area (Å²) in [6.07, 6.45) is 0.788. The number of hydrogen-bond donors (Lipinski definition) is 1. The molecule has 0 unspecified atom stereocenters. The van der Waals surface area contributed by atoms with Crippen molar-refractivity contribution in [3.63, 3.8) is 0 Å². The average molecular weight is 411 g/mol. The lowest BCUT2D eigenvalue weighted by Crippen LogP contribution is -2.31. The van der Waals surface area contributed by atoms with Crippen LogP contribution in [0.3, 0.4) is 0 Å². The minimum atomic E-state index is -0.111. The standard InChI is InChI=1S/C18H14Cl3N3O2/c19-10-1-3-13(14(21)7-10)17(25)24-6-5-12(9-24)22-18-23-15-4-2-11(20)8-16(15)26-18/h1-4,7-8,12H,5-6,9H2,(H,22,23)/t12-/m1/s1. The topological polar surface area (TPSA) is 58.4 Å². The van der Waals surface area contributed by atoms with Gasteiger partial charge in [-0.3, -0.25) is 4.79 Å². The molecule has 1 amide bonds. The van der Waals surface area contributed by atoms with Gasteiger partial charge in [0.25, 0.3) is 11.9 Å². The highest BCUT2D eigenvalue weighted by molar-refractivity contribution is 6.36. The van der Waals surface area contributed by atoms with Crippen molar-refractivity contribution < 1.29 is 9.21 Å². The first-order valence-electron chi connectivity index (χ1n) is 8.06. The summed E-state index contributed by atoms with van der Waals surface area (Å²) >= 11 is 18.0. The van der Waals surface area contributed by atoms with Gasteiger partial charge in [-0.2, -0.15) is 4.98 Å². The average Bonchev–Trinajstić information content (AvgIpc) is 3.20. The molecule has 0 spiro atoms. The molecule has 8 heteroatoms. The Morgan fingerprint density at radius 1 is 1.15 bits per heavy atom. The highest BCUT2D eigenvalue weighted by Gasteiger charge is 2.28. The lowest BCUT2D eigenvalue weighted by molar-refractivity contribution is 0.0791. The number of benzene rings is 2. The molecular formula is C18H14Cl3N3O2. The van der Waals surface area contributed by atoms with Gasteiger partial charge >= 0.3 is 0 Å². The highest BCUT2D eigenvalue weighted by atomic mass is 35.5. The highest BCUT2D eigenvalue weighted by Crippen LogP contribution is 2.26. The van der Waals surface area contributed by atoms with Crippen LogP contribution in [0.15, 0.2) is 40.8 Å². The molecule has 134 valence electrons. The van der Waals surface area contributed by atoms with Gasteiger partial charge in [0.1, 0.15) is 5.52 Å². The number of hydrogen-bond acceptors (Lipinski definition) is 4. The molecule has 4 rings (SSSR count). The van der Waals surface area contributed by atoms with E-state index in [1.807, 2.05) is 0 Å². The van der Waals surface area contributed by atoms with Gasteiger partial charge < -0.3 is 14.6 Å². The number of aromatic nitrogens is 1. The van der Waals surface area contributed by atoms with Crippen LogP contribution in [0, 0.1) is 0 Å². The number of halogens is 3. The predicted molar refractivity (Wildman–Crippen MR) is 103 cm³/mol. The summed E-state index contributed by atoms with van der Waals surface area (Å²) < 4.78 is 5.68. The van der Waals surface area contributed by atoms with Gasteiger partial charge in [-0.05, 0) is 36.8 Å². The third-order valence-corrected chi connectivity index (χ3v) is 5.10. The van der Waals surface area contributed by atoms with E-state index in [0.29, 0.717) is 45.3 Å². The molecule has 3 aromatic rings. The second-order valence-electron chi connectivity index (χ2n) is 6.14. The lowest BCUT2D eigenvalue weighted by Gasteiger charge is -2.17. The Hall–Kier alpha value is -1.95. The van der Waals surface area contributed by atoms with Crippen LogP contribution in [0.25, 0.3) is 11.1 Å². The minimum absolute atomic E-state index is 0.0496. The number of amides is 1. The van der Waals surface area contributed by atoms with Crippen LogP contribution in [-0.2, 0) is 0 Å². The Morgan fingerprint density at radius 2 is 1.92 bits per heavy atom. The normalized spacial score (nSPS) is 17.0. The zero-order valence-electron chi connectivity index (χ0n) is 13.5. The van der Waals surface area contributed by atoms with E-state index < -0.39 is 0 Å². The van der Waals surface area contributed by atoms with E-state index in [1.165, 1.54) is 0 Å². The molecule has 0 radical (unpaired) electrons. The van der Waals surface area contributed by atoms with Crippen molar-refractivity contribution in [2.75, 3.05) is 18.4 Å². The zero-order valence-corrected chi connectivity index (χ0v) is 15.8. The maximum absolute atomic E-state index is 12.7. The van der Waals surface area contributed by atoms with Gasteiger partial charge in [0.05, 0.1) is 10.6 Å². The van der Waals surface area contributed by atoms with Crippen LogP contribution < -0.4 is 5.32 Å². The quantitative estimate of drug-likeness (QED) is 0.651. The van der Waals surface area contributed by atoms with E-state index >= 15 is 0 Å². The second kappa shape index (κ2) is 6.99. The number of fused-ring (bicyclic) bond motifs is 1. The van der Waals surface area contributed by atoms with Gasteiger partial charge in [-0.1, -0.05) is 34.8 Å². The zero-order chi connectivity index (χ0) is 18.3. The molecule has 0 aliphatic carbocycles. The number of carbonyl (C=O) groups excluding carboxylic acids is 1. The first-order valence-corrected chi connectivity index (χ1v) is 9.20. The van der Waals surface area contributed by atoms with Gasteiger partial charge in [-0.15, -0.1) is 0 Å². The van der Waals surface area contributed by atoms with Crippen molar-refractivity contribution >= 4 is 57.8 Å². The Balaban J connectivity index is 1.45. The summed E-state index contributed by atoms with van der Waals surface area (Å²) in [6.45, 7) is 1.17. The van der Waals surface area contributed by atoms with Gasteiger partial charge in [-0.25, -0.2) is 0 Å². The van der Waals surface area contributed by atoms with Crippen molar-refractivity contribution in [1.82, 2.24) is 9.88 Å². The van der Waals surface area contributed by atoms with E-state index in [4.69, 9.17) is 39.2 Å². The lowest BCUT2D eigenvalue weighted by atomic mass is 10.2. The number of nitrogens with zero attached hydrogens (tertiary/aromatic N) is 2. The van der Waals surface area contributed by atoms with E-state index in [2.05, 4.69) is 10.3 Å². The van der Waals surface area contributed by atoms with Crippen molar-refractivity contribution in [3.05, 3.63) is 57.0 Å². The fourth-order valence-corrected chi connectivity index (χ4v) is 3.68. The van der Waals surface area contributed by atoms with Gasteiger partial charge in [0.15, 0.2) is 5.58 Å². The maximum Gasteiger partial charge on any atom is 0.295 e. The number of carbonyl (C=O) groups is 1. The van der Waals surface area contributed by atoms with Crippen molar-refractivity contribution in [3.8, 4) is 0 Å². The van der Waals surface area contributed by atoms with Gasteiger partial charge in [0.2, 0.25) is 0 Å². The molecule has 1 aliphatic heterocycles. The third kappa shape index (κ3) is 3.47. The third-order valence-electron chi connectivity index (χ3n) is 4.32. The monoisotopic (exact) mass is 409 g/mol. The minimum Gasteiger partial charge on any atom is -0.423 e. The molecular weight excluding hydrogens is 397 g/mol. The molecule has 1 fully saturated rings. The molecule has 2 heterocycles. The van der Waals surface area contributed by atoms with Crippen LogP contribution >= 0.6 is 34.8 Å². The Morgan fingerprint density at radius 3 is 2.73 bits per heavy atom. The summed E-state index contributed by atoms with van der Waals surface area (Å²) in [6, 6.07) is 10.7. The molecule has 2 aromatic carbocycles. The molecule has 1 aromatic heterocycles. The predicted octanol–water partition coefficient (Wildman–Crippen LogP) is 5.11.